The van der Waals surface area contributed by atoms with Crippen LogP contribution in [0.25, 0.3) is 0 Å². The number of nitrogen functional groups attached to an aromatic ring is 1. The molecule has 2 aromatic heterocycles. The molecular formula is C11H13ClN6. The summed E-state index contributed by atoms with van der Waals surface area (Å²) in [6.07, 6.45) is 3.06. The molecule has 2 rings (SSSR count). The number of hydrogen-bond donors (Lipinski definition) is 2. The van der Waals surface area contributed by atoms with Gasteiger partial charge in [-0.25, -0.2) is 15.0 Å². The minimum atomic E-state index is 0.363. The SMILES string of the molecule is CN(C)c1ncnc(Nc2cccnc2Cl)c1N. The first kappa shape index (κ1) is 12.4. The minimum Gasteiger partial charge on any atom is -0.393 e. The zero-order valence-electron chi connectivity index (χ0n) is 10.1. The van der Waals surface area contributed by atoms with Gasteiger partial charge in [0.2, 0.25) is 0 Å². The lowest BCUT2D eigenvalue weighted by atomic mass is 10.3. The van der Waals surface area contributed by atoms with Crippen LogP contribution in [0.5, 0.6) is 0 Å². The monoisotopic (exact) mass is 264 g/mol. The molecule has 0 aliphatic rings. The molecule has 0 atom stereocenters. The van der Waals surface area contributed by atoms with Crippen molar-refractivity contribution in [2.75, 3.05) is 30.0 Å². The second kappa shape index (κ2) is 5.05. The predicted molar refractivity (Wildman–Crippen MR) is 73.3 cm³/mol. The van der Waals surface area contributed by atoms with E-state index in [-0.39, 0.29) is 0 Å². The average molecular weight is 265 g/mol. The van der Waals surface area contributed by atoms with Gasteiger partial charge in [-0.1, -0.05) is 11.6 Å². The molecule has 0 saturated heterocycles. The third-order valence-electron chi connectivity index (χ3n) is 2.30. The highest BCUT2D eigenvalue weighted by molar-refractivity contribution is 6.32. The average Bonchev–Trinajstić information content (AvgIpc) is 2.34. The van der Waals surface area contributed by atoms with Crippen LogP contribution in [0.3, 0.4) is 0 Å². The Bertz CT molecular complexity index is 557. The second-order valence-corrected chi connectivity index (χ2v) is 4.18. The molecule has 0 aromatic carbocycles. The van der Waals surface area contributed by atoms with Crippen LogP contribution in [0.4, 0.5) is 23.0 Å². The molecule has 3 N–H and O–H groups in total. The number of aromatic nitrogens is 3. The van der Waals surface area contributed by atoms with E-state index in [1.807, 2.05) is 19.0 Å². The summed E-state index contributed by atoms with van der Waals surface area (Å²) in [6.45, 7) is 0. The van der Waals surface area contributed by atoms with Crippen LogP contribution < -0.4 is 16.0 Å². The maximum absolute atomic E-state index is 5.99. The van der Waals surface area contributed by atoms with E-state index in [0.717, 1.165) is 0 Å². The van der Waals surface area contributed by atoms with Gasteiger partial charge >= 0.3 is 0 Å². The molecule has 0 saturated carbocycles. The highest BCUT2D eigenvalue weighted by atomic mass is 35.5. The van der Waals surface area contributed by atoms with Crippen molar-refractivity contribution in [2.24, 2.45) is 0 Å². The summed E-state index contributed by atoms with van der Waals surface area (Å²) in [5.41, 5.74) is 7.10. The predicted octanol–water partition coefficient (Wildman–Crippen LogP) is 1.92. The minimum absolute atomic E-state index is 0.363. The van der Waals surface area contributed by atoms with Gasteiger partial charge in [0.05, 0.1) is 5.69 Å². The maximum Gasteiger partial charge on any atom is 0.159 e. The van der Waals surface area contributed by atoms with Crippen molar-refractivity contribution in [3.63, 3.8) is 0 Å². The van der Waals surface area contributed by atoms with E-state index >= 15 is 0 Å². The number of nitrogens with one attached hydrogen (secondary N) is 1. The molecule has 0 unspecified atom stereocenters. The van der Waals surface area contributed by atoms with Gasteiger partial charge in [0.15, 0.2) is 16.8 Å². The lowest BCUT2D eigenvalue weighted by Gasteiger charge is -2.16. The van der Waals surface area contributed by atoms with Crippen molar-refractivity contribution >= 4 is 34.6 Å². The molecule has 0 amide bonds. The Morgan fingerprint density at radius 2 is 2.06 bits per heavy atom. The second-order valence-electron chi connectivity index (χ2n) is 3.82. The molecule has 0 aliphatic carbocycles. The van der Waals surface area contributed by atoms with E-state index in [2.05, 4.69) is 20.3 Å². The van der Waals surface area contributed by atoms with Gasteiger partial charge < -0.3 is 16.0 Å². The Labute approximate surface area is 110 Å². The van der Waals surface area contributed by atoms with E-state index < -0.39 is 0 Å². The van der Waals surface area contributed by atoms with Crippen LogP contribution in [0.2, 0.25) is 5.15 Å². The smallest absolute Gasteiger partial charge is 0.159 e. The zero-order valence-corrected chi connectivity index (χ0v) is 10.8. The molecule has 0 fully saturated rings. The van der Waals surface area contributed by atoms with E-state index in [9.17, 15) is 0 Å². The molecule has 0 bridgehead atoms. The first-order valence-corrected chi connectivity index (χ1v) is 5.62. The van der Waals surface area contributed by atoms with Crippen molar-refractivity contribution in [3.8, 4) is 0 Å². The molecule has 0 aliphatic heterocycles. The first-order chi connectivity index (χ1) is 8.59. The van der Waals surface area contributed by atoms with E-state index in [1.54, 1.807) is 18.3 Å². The summed E-state index contributed by atoms with van der Waals surface area (Å²) in [5.74, 6) is 1.15. The summed E-state index contributed by atoms with van der Waals surface area (Å²) < 4.78 is 0. The standard InChI is InChI=1S/C11H13ClN6/c1-18(2)11-8(13)10(15-6-16-11)17-7-4-3-5-14-9(7)12/h3-6H,13H2,1-2H3,(H,15,16,17). The highest BCUT2D eigenvalue weighted by Gasteiger charge is 2.11. The zero-order chi connectivity index (χ0) is 13.1. The van der Waals surface area contributed by atoms with Crippen molar-refractivity contribution in [2.45, 2.75) is 0 Å². The van der Waals surface area contributed by atoms with Crippen LogP contribution in [0, 0.1) is 0 Å². The van der Waals surface area contributed by atoms with Crippen LogP contribution in [-0.4, -0.2) is 29.0 Å². The van der Waals surface area contributed by atoms with Gasteiger partial charge in [-0.15, -0.1) is 0 Å². The number of anilines is 4. The first-order valence-electron chi connectivity index (χ1n) is 5.25. The van der Waals surface area contributed by atoms with Crippen molar-refractivity contribution in [1.82, 2.24) is 15.0 Å². The van der Waals surface area contributed by atoms with Crippen LogP contribution in [0.15, 0.2) is 24.7 Å². The lowest BCUT2D eigenvalue weighted by Crippen LogP contribution is -2.14. The summed E-state index contributed by atoms with van der Waals surface area (Å²) in [4.78, 5) is 14.0. The Kier molecular flexibility index (Phi) is 3.47. The lowest BCUT2D eigenvalue weighted by molar-refractivity contribution is 1.04. The number of nitrogens with two attached hydrogens (primary N) is 1. The van der Waals surface area contributed by atoms with Crippen LogP contribution in [-0.2, 0) is 0 Å². The molecule has 2 aromatic rings. The fraction of sp³-hybridized carbons (Fsp3) is 0.182. The summed E-state index contributed by atoms with van der Waals surface area (Å²) in [5, 5.41) is 3.40. The van der Waals surface area contributed by atoms with Gasteiger partial charge in [0.25, 0.3) is 0 Å². The Balaban J connectivity index is 2.36. The van der Waals surface area contributed by atoms with Gasteiger partial charge in [0.1, 0.15) is 12.0 Å². The largest absolute Gasteiger partial charge is 0.393 e. The van der Waals surface area contributed by atoms with Gasteiger partial charge in [-0.05, 0) is 12.1 Å². The summed E-state index contributed by atoms with van der Waals surface area (Å²) in [6, 6.07) is 3.57. The number of halogens is 1. The van der Waals surface area contributed by atoms with E-state index in [4.69, 9.17) is 17.3 Å². The van der Waals surface area contributed by atoms with Crippen LogP contribution in [0.1, 0.15) is 0 Å². The number of hydrogen-bond acceptors (Lipinski definition) is 6. The van der Waals surface area contributed by atoms with Crippen molar-refractivity contribution in [1.29, 1.82) is 0 Å². The number of pyridine rings is 1. The highest BCUT2D eigenvalue weighted by Crippen LogP contribution is 2.29. The van der Waals surface area contributed by atoms with Gasteiger partial charge in [-0.2, -0.15) is 0 Å². The van der Waals surface area contributed by atoms with Gasteiger partial charge in [-0.3, -0.25) is 0 Å². The topological polar surface area (TPSA) is 80.0 Å². The number of nitrogens with zero attached hydrogens (tertiary/aromatic N) is 4. The van der Waals surface area contributed by atoms with E-state index in [0.29, 0.717) is 28.2 Å². The summed E-state index contributed by atoms with van der Waals surface area (Å²) in [7, 11) is 3.72. The van der Waals surface area contributed by atoms with Gasteiger partial charge in [0, 0.05) is 20.3 Å². The molecule has 94 valence electrons. The molecule has 0 radical (unpaired) electrons. The van der Waals surface area contributed by atoms with Crippen molar-refractivity contribution < 1.29 is 0 Å². The molecule has 0 spiro atoms. The Morgan fingerprint density at radius 1 is 1.28 bits per heavy atom. The molecule has 18 heavy (non-hydrogen) atoms. The molecule has 2 heterocycles. The maximum atomic E-state index is 5.99. The third-order valence-corrected chi connectivity index (χ3v) is 2.60. The normalized spacial score (nSPS) is 10.2. The molecular weight excluding hydrogens is 252 g/mol. The van der Waals surface area contributed by atoms with Crippen molar-refractivity contribution in [3.05, 3.63) is 29.8 Å². The molecule has 7 heteroatoms. The molecule has 6 nitrogen and oxygen atoms in total. The fourth-order valence-electron chi connectivity index (χ4n) is 1.45. The number of rotatable bonds is 3. The third kappa shape index (κ3) is 2.43. The summed E-state index contributed by atoms with van der Waals surface area (Å²) >= 11 is 5.96. The Hall–Kier alpha value is -2.08. The van der Waals surface area contributed by atoms with Crippen LogP contribution >= 0.6 is 11.6 Å². The Morgan fingerprint density at radius 3 is 2.72 bits per heavy atom. The van der Waals surface area contributed by atoms with E-state index in [1.165, 1.54) is 6.33 Å². The quantitative estimate of drug-likeness (QED) is 0.825. The fourth-order valence-corrected chi connectivity index (χ4v) is 1.62.